The predicted octanol–water partition coefficient (Wildman–Crippen LogP) is 2.39. The molecule has 1 fully saturated rings. The second-order valence-electron chi connectivity index (χ2n) is 6.00. The first-order valence-electron chi connectivity index (χ1n) is 8.26. The van der Waals surface area contributed by atoms with Crippen molar-refractivity contribution in [2.45, 2.75) is 13.0 Å². The van der Waals surface area contributed by atoms with Crippen molar-refractivity contribution < 1.29 is 9.15 Å². The fraction of sp³-hybridized carbons (Fsp3) is 0.444. The van der Waals surface area contributed by atoms with E-state index in [2.05, 4.69) is 20.2 Å². The first-order valence-corrected chi connectivity index (χ1v) is 8.26. The van der Waals surface area contributed by atoms with Crippen molar-refractivity contribution in [1.82, 2.24) is 15.2 Å². The van der Waals surface area contributed by atoms with Gasteiger partial charge in [0.05, 0.1) is 19.3 Å². The summed E-state index contributed by atoms with van der Waals surface area (Å²) in [5.41, 5.74) is 1.03. The number of benzene rings is 1. The van der Waals surface area contributed by atoms with Gasteiger partial charge in [-0.3, -0.25) is 4.99 Å². The maximum absolute atomic E-state index is 5.81. The molecule has 3 rings (SSSR count). The summed E-state index contributed by atoms with van der Waals surface area (Å²) >= 11 is 0. The van der Waals surface area contributed by atoms with Crippen LogP contribution in [0.15, 0.2) is 45.9 Å². The highest BCUT2D eigenvalue weighted by Gasteiger charge is 2.19. The minimum absolute atomic E-state index is 0.505. The number of hydrogen-bond acceptors (Lipinski definition) is 4. The third-order valence-corrected chi connectivity index (χ3v) is 4.14. The van der Waals surface area contributed by atoms with Gasteiger partial charge in [-0.1, -0.05) is 30.3 Å². The molecule has 1 aliphatic rings. The highest BCUT2D eigenvalue weighted by atomic mass is 16.5. The first-order chi connectivity index (χ1) is 11.8. The molecular formula is C18H24N4O2. The maximum atomic E-state index is 5.81. The number of aliphatic imine (C=N–C) groups is 1. The largest absolute Gasteiger partial charge is 0.439 e. The van der Waals surface area contributed by atoms with E-state index in [1.54, 1.807) is 13.2 Å². The molecular weight excluding hydrogens is 304 g/mol. The van der Waals surface area contributed by atoms with Crippen LogP contribution in [0.3, 0.4) is 0 Å². The van der Waals surface area contributed by atoms with Gasteiger partial charge in [0, 0.05) is 38.7 Å². The fourth-order valence-electron chi connectivity index (χ4n) is 2.87. The molecule has 2 heterocycles. The minimum atomic E-state index is 0.505. The van der Waals surface area contributed by atoms with Gasteiger partial charge in [0.15, 0.2) is 11.7 Å². The molecule has 1 aromatic carbocycles. The van der Waals surface area contributed by atoms with Crippen LogP contribution in [0.5, 0.6) is 0 Å². The molecule has 0 saturated carbocycles. The summed E-state index contributed by atoms with van der Waals surface area (Å²) in [6.45, 7) is 3.14. The lowest BCUT2D eigenvalue weighted by Gasteiger charge is -2.24. The summed E-state index contributed by atoms with van der Waals surface area (Å²) in [5.74, 6) is 2.83. The number of oxazole rings is 1. The lowest BCUT2D eigenvalue weighted by atomic mass is 10.1. The zero-order valence-corrected chi connectivity index (χ0v) is 14.2. The maximum Gasteiger partial charge on any atom is 0.214 e. The van der Waals surface area contributed by atoms with E-state index < -0.39 is 0 Å². The van der Waals surface area contributed by atoms with Crippen molar-refractivity contribution in [1.29, 1.82) is 0 Å². The van der Waals surface area contributed by atoms with Crippen molar-refractivity contribution >= 4 is 5.96 Å². The molecule has 0 amide bonds. The second kappa shape index (κ2) is 7.97. The van der Waals surface area contributed by atoms with E-state index in [9.17, 15) is 0 Å². The van der Waals surface area contributed by atoms with Gasteiger partial charge in [-0.25, -0.2) is 4.98 Å². The zero-order valence-electron chi connectivity index (χ0n) is 14.2. The molecule has 1 N–H and O–H groups in total. The van der Waals surface area contributed by atoms with Crippen LogP contribution in [-0.2, 0) is 11.3 Å². The summed E-state index contributed by atoms with van der Waals surface area (Å²) < 4.78 is 11.2. The van der Waals surface area contributed by atoms with Crippen molar-refractivity contribution in [3.8, 4) is 11.3 Å². The number of nitrogens with zero attached hydrogens (tertiary/aromatic N) is 3. The van der Waals surface area contributed by atoms with Gasteiger partial charge >= 0.3 is 0 Å². The van der Waals surface area contributed by atoms with Crippen molar-refractivity contribution in [2.24, 2.45) is 10.9 Å². The van der Waals surface area contributed by atoms with E-state index >= 15 is 0 Å². The normalized spacial score (nSPS) is 17.9. The molecule has 1 aliphatic heterocycles. The Morgan fingerprint density at radius 2 is 2.21 bits per heavy atom. The van der Waals surface area contributed by atoms with Crippen molar-refractivity contribution in [3.05, 3.63) is 42.4 Å². The molecule has 6 heteroatoms. The number of hydrogen-bond donors (Lipinski definition) is 1. The summed E-state index contributed by atoms with van der Waals surface area (Å²) in [5, 5.41) is 3.30. The van der Waals surface area contributed by atoms with Gasteiger partial charge in [0.1, 0.15) is 0 Å². The van der Waals surface area contributed by atoms with Gasteiger partial charge in [0.25, 0.3) is 0 Å². The SMILES string of the molecule is CN=C(NCc1ncc(-c2ccccc2)o1)N(C)CC1CCOC1. The Balaban J connectivity index is 1.55. The molecule has 1 unspecified atom stereocenters. The minimum Gasteiger partial charge on any atom is -0.439 e. The Bertz CT molecular complexity index is 663. The van der Waals surface area contributed by atoms with Crippen LogP contribution in [0.25, 0.3) is 11.3 Å². The lowest BCUT2D eigenvalue weighted by molar-refractivity contribution is 0.181. The summed E-state index contributed by atoms with van der Waals surface area (Å²) in [4.78, 5) is 10.8. The average Bonchev–Trinajstić information content (AvgIpc) is 3.28. The summed E-state index contributed by atoms with van der Waals surface area (Å²) in [6, 6.07) is 9.97. The summed E-state index contributed by atoms with van der Waals surface area (Å²) in [6.07, 6.45) is 2.87. The van der Waals surface area contributed by atoms with Crippen LogP contribution >= 0.6 is 0 Å². The van der Waals surface area contributed by atoms with Crippen LogP contribution in [-0.4, -0.2) is 49.7 Å². The number of guanidine groups is 1. The van der Waals surface area contributed by atoms with Gasteiger partial charge in [-0.15, -0.1) is 0 Å². The van der Waals surface area contributed by atoms with Crippen LogP contribution in [0.4, 0.5) is 0 Å². The predicted molar refractivity (Wildman–Crippen MR) is 93.7 cm³/mol. The molecule has 0 spiro atoms. The van der Waals surface area contributed by atoms with Gasteiger partial charge in [0.2, 0.25) is 5.89 Å². The highest BCUT2D eigenvalue weighted by Crippen LogP contribution is 2.19. The van der Waals surface area contributed by atoms with Gasteiger partial charge < -0.3 is 19.4 Å². The third kappa shape index (κ3) is 4.14. The summed E-state index contributed by atoms with van der Waals surface area (Å²) in [7, 11) is 3.83. The molecule has 0 radical (unpaired) electrons. The Kier molecular flexibility index (Phi) is 5.48. The quantitative estimate of drug-likeness (QED) is 0.674. The Hall–Kier alpha value is -2.34. The third-order valence-electron chi connectivity index (χ3n) is 4.14. The molecule has 0 bridgehead atoms. The Morgan fingerprint density at radius 1 is 1.38 bits per heavy atom. The molecule has 0 aliphatic carbocycles. The lowest BCUT2D eigenvalue weighted by Crippen LogP contribution is -2.41. The van der Waals surface area contributed by atoms with Crippen LogP contribution in [0.1, 0.15) is 12.3 Å². The number of rotatable bonds is 5. The monoisotopic (exact) mass is 328 g/mol. The molecule has 1 atom stereocenters. The molecule has 2 aromatic rings. The Morgan fingerprint density at radius 3 is 2.92 bits per heavy atom. The van der Waals surface area contributed by atoms with E-state index in [1.165, 1.54) is 0 Å². The van der Waals surface area contributed by atoms with Crippen molar-refractivity contribution in [3.63, 3.8) is 0 Å². The Labute approximate surface area is 142 Å². The van der Waals surface area contributed by atoms with Crippen LogP contribution < -0.4 is 5.32 Å². The standard InChI is InChI=1S/C18H24N4O2/c1-19-18(22(2)12-14-8-9-23-13-14)21-11-17-20-10-16(24-17)15-6-4-3-5-7-15/h3-7,10,14H,8-9,11-13H2,1-2H3,(H,19,21). The van der Waals surface area contributed by atoms with Gasteiger partial charge in [-0.05, 0) is 6.42 Å². The zero-order chi connectivity index (χ0) is 16.8. The van der Waals surface area contributed by atoms with E-state index in [-0.39, 0.29) is 0 Å². The molecule has 1 aromatic heterocycles. The molecule has 128 valence electrons. The van der Waals surface area contributed by atoms with Crippen LogP contribution in [0, 0.1) is 5.92 Å². The smallest absolute Gasteiger partial charge is 0.214 e. The number of ether oxygens (including phenoxy) is 1. The second-order valence-corrected chi connectivity index (χ2v) is 6.00. The highest BCUT2D eigenvalue weighted by molar-refractivity contribution is 5.79. The average molecular weight is 328 g/mol. The number of nitrogens with one attached hydrogen (secondary N) is 1. The van der Waals surface area contributed by atoms with E-state index in [0.29, 0.717) is 18.4 Å². The van der Waals surface area contributed by atoms with Crippen LogP contribution in [0.2, 0.25) is 0 Å². The topological polar surface area (TPSA) is 62.9 Å². The first kappa shape index (κ1) is 16.5. The fourth-order valence-corrected chi connectivity index (χ4v) is 2.87. The molecule has 24 heavy (non-hydrogen) atoms. The van der Waals surface area contributed by atoms with E-state index in [1.807, 2.05) is 37.4 Å². The van der Waals surface area contributed by atoms with E-state index in [4.69, 9.17) is 9.15 Å². The number of aromatic nitrogens is 1. The van der Waals surface area contributed by atoms with E-state index in [0.717, 1.165) is 43.5 Å². The molecule has 6 nitrogen and oxygen atoms in total. The molecule has 1 saturated heterocycles. The van der Waals surface area contributed by atoms with Gasteiger partial charge in [-0.2, -0.15) is 0 Å². The van der Waals surface area contributed by atoms with Crippen molar-refractivity contribution in [2.75, 3.05) is 33.9 Å².